The zero-order valence-electron chi connectivity index (χ0n) is 6.38. The van der Waals surface area contributed by atoms with Crippen molar-refractivity contribution in [1.82, 2.24) is 0 Å². The highest BCUT2D eigenvalue weighted by atomic mass is 14.6. The smallest absolute Gasteiger partial charge is 0.0314 e. The molecule has 1 rings (SSSR count). The molecule has 1 aromatic rings. The van der Waals surface area contributed by atoms with Gasteiger partial charge in [0.15, 0.2) is 0 Å². The van der Waals surface area contributed by atoms with Crippen LogP contribution in [-0.2, 0) is 0 Å². The van der Waals surface area contributed by atoms with E-state index in [0.29, 0.717) is 5.70 Å². The topological polar surface area (TPSA) is 26.0 Å². The highest BCUT2D eigenvalue weighted by Gasteiger charge is 1.91. The highest BCUT2D eigenvalue weighted by molar-refractivity contribution is 5.62. The third-order valence-electron chi connectivity index (χ3n) is 1.52. The molecule has 0 unspecified atom stereocenters. The molecule has 0 radical (unpaired) electrons. The minimum Gasteiger partial charge on any atom is -0.399 e. The first kappa shape index (κ1) is 7.61. The standard InChI is InChI=1S/C10H11N/c1-3-9-4-6-10(7-5-9)8(2)11/h3-7H,1-2,11H2. The summed E-state index contributed by atoms with van der Waals surface area (Å²) in [5, 5.41) is 0. The first-order chi connectivity index (χ1) is 5.24. The molecule has 0 spiro atoms. The van der Waals surface area contributed by atoms with E-state index >= 15 is 0 Å². The molecule has 0 atom stereocenters. The minimum atomic E-state index is 0.598. The number of nitrogens with two attached hydrogens (primary N) is 1. The van der Waals surface area contributed by atoms with Crippen LogP contribution in [0.3, 0.4) is 0 Å². The van der Waals surface area contributed by atoms with Crippen molar-refractivity contribution in [3.63, 3.8) is 0 Å². The fourth-order valence-electron chi connectivity index (χ4n) is 0.833. The summed E-state index contributed by atoms with van der Waals surface area (Å²) >= 11 is 0. The summed E-state index contributed by atoms with van der Waals surface area (Å²) in [4.78, 5) is 0. The second-order valence-corrected chi connectivity index (χ2v) is 2.35. The summed E-state index contributed by atoms with van der Waals surface area (Å²) in [7, 11) is 0. The monoisotopic (exact) mass is 145 g/mol. The molecule has 0 aromatic heterocycles. The van der Waals surface area contributed by atoms with Gasteiger partial charge in [0, 0.05) is 5.70 Å². The first-order valence-corrected chi connectivity index (χ1v) is 3.41. The second kappa shape index (κ2) is 3.06. The lowest BCUT2D eigenvalue weighted by Gasteiger charge is -1.98. The third-order valence-corrected chi connectivity index (χ3v) is 1.52. The summed E-state index contributed by atoms with van der Waals surface area (Å²) in [6.45, 7) is 7.28. The van der Waals surface area contributed by atoms with Crippen LogP contribution >= 0.6 is 0 Å². The van der Waals surface area contributed by atoms with Gasteiger partial charge in [-0.25, -0.2) is 0 Å². The molecule has 2 N–H and O–H groups in total. The molecule has 1 nitrogen and oxygen atoms in total. The van der Waals surface area contributed by atoms with Crippen molar-refractivity contribution in [2.24, 2.45) is 5.73 Å². The van der Waals surface area contributed by atoms with Crippen LogP contribution in [-0.4, -0.2) is 0 Å². The van der Waals surface area contributed by atoms with Gasteiger partial charge in [0.2, 0.25) is 0 Å². The van der Waals surface area contributed by atoms with E-state index in [1.807, 2.05) is 24.3 Å². The molecule has 0 aliphatic rings. The maximum atomic E-state index is 5.48. The number of rotatable bonds is 2. The molecule has 1 aromatic carbocycles. The normalized spacial score (nSPS) is 9.09. The highest BCUT2D eigenvalue weighted by Crippen LogP contribution is 2.09. The lowest BCUT2D eigenvalue weighted by molar-refractivity contribution is 1.52. The van der Waals surface area contributed by atoms with Crippen molar-refractivity contribution in [3.8, 4) is 0 Å². The van der Waals surface area contributed by atoms with E-state index in [1.165, 1.54) is 0 Å². The maximum absolute atomic E-state index is 5.48. The number of hydrogen-bond donors (Lipinski definition) is 1. The third kappa shape index (κ3) is 1.71. The Labute approximate surface area is 66.9 Å². The van der Waals surface area contributed by atoms with E-state index in [9.17, 15) is 0 Å². The largest absolute Gasteiger partial charge is 0.399 e. The minimum absolute atomic E-state index is 0.598. The average molecular weight is 145 g/mol. The number of benzene rings is 1. The van der Waals surface area contributed by atoms with Crippen LogP contribution in [0.15, 0.2) is 37.4 Å². The van der Waals surface area contributed by atoms with E-state index in [1.54, 1.807) is 6.08 Å². The van der Waals surface area contributed by atoms with Crippen molar-refractivity contribution >= 4 is 11.8 Å². The van der Waals surface area contributed by atoms with Crippen molar-refractivity contribution < 1.29 is 0 Å². The average Bonchev–Trinajstić information content (AvgIpc) is 2.05. The molecule has 0 amide bonds. The van der Waals surface area contributed by atoms with Gasteiger partial charge >= 0.3 is 0 Å². The zero-order chi connectivity index (χ0) is 8.27. The van der Waals surface area contributed by atoms with Gasteiger partial charge in [-0.05, 0) is 11.1 Å². The Morgan fingerprint density at radius 3 is 2.18 bits per heavy atom. The first-order valence-electron chi connectivity index (χ1n) is 3.41. The molecule has 56 valence electrons. The second-order valence-electron chi connectivity index (χ2n) is 2.35. The van der Waals surface area contributed by atoms with Gasteiger partial charge in [-0.2, -0.15) is 0 Å². The number of hydrogen-bond acceptors (Lipinski definition) is 1. The van der Waals surface area contributed by atoms with E-state index in [-0.39, 0.29) is 0 Å². The molecule has 0 bridgehead atoms. The molecule has 0 aliphatic heterocycles. The van der Waals surface area contributed by atoms with Crippen molar-refractivity contribution in [3.05, 3.63) is 48.6 Å². The van der Waals surface area contributed by atoms with Crippen molar-refractivity contribution in [2.45, 2.75) is 0 Å². The van der Waals surface area contributed by atoms with Crippen LogP contribution < -0.4 is 5.73 Å². The summed E-state index contributed by atoms with van der Waals surface area (Å²) in [5.74, 6) is 0. The zero-order valence-corrected chi connectivity index (χ0v) is 6.38. The van der Waals surface area contributed by atoms with E-state index < -0.39 is 0 Å². The van der Waals surface area contributed by atoms with Gasteiger partial charge < -0.3 is 5.73 Å². The Bertz CT molecular complexity index is 269. The fraction of sp³-hybridized carbons (Fsp3) is 0. The Kier molecular flexibility index (Phi) is 2.12. The molecule has 0 aliphatic carbocycles. The molecular weight excluding hydrogens is 134 g/mol. The molecule has 1 heteroatoms. The van der Waals surface area contributed by atoms with E-state index in [2.05, 4.69) is 13.2 Å². The summed E-state index contributed by atoms with van der Waals surface area (Å²) in [6.07, 6.45) is 1.79. The Morgan fingerprint density at radius 2 is 1.82 bits per heavy atom. The van der Waals surface area contributed by atoms with Crippen LogP contribution in [0.25, 0.3) is 11.8 Å². The summed E-state index contributed by atoms with van der Waals surface area (Å²) in [6, 6.07) is 7.78. The molecule has 0 heterocycles. The maximum Gasteiger partial charge on any atom is 0.0314 e. The van der Waals surface area contributed by atoms with Crippen LogP contribution in [0.2, 0.25) is 0 Å². The van der Waals surface area contributed by atoms with Crippen molar-refractivity contribution in [2.75, 3.05) is 0 Å². The predicted molar refractivity (Wildman–Crippen MR) is 49.8 cm³/mol. The molecule has 0 saturated heterocycles. The van der Waals surface area contributed by atoms with Gasteiger partial charge in [-0.1, -0.05) is 43.5 Å². The van der Waals surface area contributed by atoms with Crippen LogP contribution in [0.4, 0.5) is 0 Å². The SMILES string of the molecule is C=Cc1ccc(C(=C)N)cc1. The van der Waals surface area contributed by atoms with Gasteiger partial charge in [0.05, 0.1) is 0 Å². The fourth-order valence-corrected chi connectivity index (χ4v) is 0.833. The molecule has 0 fully saturated rings. The Balaban J connectivity index is 3.00. The quantitative estimate of drug-likeness (QED) is 0.678. The summed E-state index contributed by atoms with van der Waals surface area (Å²) in [5.41, 5.74) is 8.14. The van der Waals surface area contributed by atoms with E-state index in [4.69, 9.17) is 5.73 Å². The van der Waals surface area contributed by atoms with Crippen molar-refractivity contribution in [1.29, 1.82) is 0 Å². The predicted octanol–water partition coefficient (Wildman–Crippen LogP) is 2.26. The van der Waals surface area contributed by atoms with Crippen LogP contribution in [0.1, 0.15) is 11.1 Å². The van der Waals surface area contributed by atoms with Crippen LogP contribution in [0, 0.1) is 0 Å². The Hall–Kier alpha value is -1.50. The summed E-state index contributed by atoms with van der Waals surface area (Å²) < 4.78 is 0. The molecule has 11 heavy (non-hydrogen) atoms. The molecular formula is C10H11N. The van der Waals surface area contributed by atoms with E-state index in [0.717, 1.165) is 11.1 Å². The van der Waals surface area contributed by atoms with Gasteiger partial charge in [-0.15, -0.1) is 0 Å². The van der Waals surface area contributed by atoms with Gasteiger partial charge in [-0.3, -0.25) is 0 Å². The molecule has 0 saturated carbocycles. The van der Waals surface area contributed by atoms with Gasteiger partial charge in [0.1, 0.15) is 0 Å². The van der Waals surface area contributed by atoms with Crippen LogP contribution in [0.5, 0.6) is 0 Å². The lowest BCUT2D eigenvalue weighted by atomic mass is 10.1. The Morgan fingerprint density at radius 1 is 1.27 bits per heavy atom. The lowest BCUT2D eigenvalue weighted by Crippen LogP contribution is -1.92. The van der Waals surface area contributed by atoms with Gasteiger partial charge in [0.25, 0.3) is 0 Å².